The van der Waals surface area contributed by atoms with Crippen LogP contribution < -0.4 is 10.6 Å². The molecule has 0 saturated carbocycles. The van der Waals surface area contributed by atoms with Gasteiger partial charge in [-0.15, -0.1) is 0 Å². The zero-order valence-corrected chi connectivity index (χ0v) is 12.0. The number of anilines is 1. The molecule has 1 fully saturated rings. The Hall–Kier alpha value is -2.14. The first-order valence-corrected chi connectivity index (χ1v) is 7.34. The Kier molecular flexibility index (Phi) is 2.65. The molecule has 2 aliphatic heterocycles. The number of nitrogens with one attached hydrogen (secondary N) is 2. The normalized spacial score (nSPS) is 24.1. The van der Waals surface area contributed by atoms with E-state index in [1.165, 1.54) is 5.56 Å². The van der Waals surface area contributed by atoms with Crippen molar-refractivity contribution in [2.75, 3.05) is 18.4 Å². The van der Waals surface area contributed by atoms with Crippen molar-refractivity contribution in [2.45, 2.75) is 19.8 Å². The molecule has 1 aromatic carbocycles. The van der Waals surface area contributed by atoms with Crippen molar-refractivity contribution < 1.29 is 4.79 Å². The van der Waals surface area contributed by atoms with Crippen molar-refractivity contribution in [3.63, 3.8) is 0 Å². The summed E-state index contributed by atoms with van der Waals surface area (Å²) in [5.41, 5.74) is 3.90. The summed E-state index contributed by atoms with van der Waals surface area (Å²) < 4.78 is 1.88. The molecule has 5 nitrogen and oxygen atoms in total. The molecule has 1 spiro atoms. The maximum Gasteiger partial charge on any atom is 0.232 e. The third-order valence-electron chi connectivity index (χ3n) is 4.58. The molecule has 1 aromatic heterocycles. The first-order chi connectivity index (χ1) is 10.2. The van der Waals surface area contributed by atoms with Gasteiger partial charge in [0.2, 0.25) is 5.91 Å². The van der Waals surface area contributed by atoms with Gasteiger partial charge in [-0.25, -0.2) is 4.68 Å². The van der Waals surface area contributed by atoms with E-state index in [-0.39, 0.29) is 11.3 Å². The number of rotatable bonds is 1. The van der Waals surface area contributed by atoms with Crippen LogP contribution in [-0.2, 0) is 11.2 Å². The van der Waals surface area contributed by atoms with Gasteiger partial charge in [0.15, 0.2) is 0 Å². The first kappa shape index (κ1) is 12.6. The van der Waals surface area contributed by atoms with E-state index in [9.17, 15) is 4.79 Å². The fourth-order valence-corrected chi connectivity index (χ4v) is 3.34. The molecule has 4 rings (SSSR count). The van der Waals surface area contributed by atoms with Crippen LogP contribution >= 0.6 is 0 Å². The van der Waals surface area contributed by atoms with E-state index in [1.807, 2.05) is 36.0 Å². The Morgan fingerprint density at radius 3 is 2.95 bits per heavy atom. The molecule has 0 bridgehead atoms. The van der Waals surface area contributed by atoms with Gasteiger partial charge >= 0.3 is 0 Å². The summed E-state index contributed by atoms with van der Waals surface area (Å²) in [6.07, 6.45) is 3.67. The molecule has 108 valence electrons. The second-order valence-corrected chi connectivity index (χ2v) is 6.08. The third-order valence-corrected chi connectivity index (χ3v) is 4.58. The van der Waals surface area contributed by atoms with E-state index in [0.717, 1.165) is 43.0 Å². The van der Waals surface area contributed by atoms with E-state index in [4.69, 9.17) is 0 Å². The predicted octanol–water partition coefficient (Wildman–Crippen LogP) is 1.66. The monoisotopic (exact) mass is 282 g/mol. The fourth-order valence-electron chi connectivity index (χ4n) is 3.34. The van der Waals surface area contributed by atoms with Gasteiger partial charge in [-0.1, -0.05) is 0 Å². The van der Waals surface area contributed by atoms with E-state index in [0.29, 0.717) is 0 Å². The van der Waals surface area contributed by atoms with Crippen LogP contribution in [0.1, 0.15) is 17.7 Å². The van der Waals surface area contributed by atoms with Crippen LogP contribution in [0.2, 0.25) is 0 Å². The molecule has 2 N–H and O–H groups in total. The maximum absolute atomic E-state index is 12.4. The average Bonchev–Trinajstić information content (AvgIpc) is 3.10. The highest BCUT2D eigenvalue weighted by molar-refractivity contribution is 5.99. The Bertz CT molecular complexity index is 713. The minimum Gasteiger partial charge on any atom is -0.325 e. The molecule has 2 aliphatic rings. The number of carbonyl (C=O) groups is 1. The molecule has 1 saturated heterocycles. The highest BCUT2D eigenvalue weighted by Gasteiger charge is 2.44. The summed E-state index contributed by atoms with van der Waals surface area (Å²) in [4.78, 5) is 12.4. The van der Waals surface area contributed by atoms with Gasteiger partial charge in [0.05, 0.1) is 16.8 Å². The van der Waals surface area contributed by atoms with Crippen LogP contribution in [0, 0.1) is 12.3 Å². The SMILES string of the molecule is Cc1ccn(-c2ccc3c(c2)CC2(CCNC2)C(=O)N3)n1. The van der Waals surface area contributed by atoms with Gasteiger partial charge in [-0.05, 0) is 56.1 Å². The molecule has 5 heteroatoms. The van der Waals surface area contributed by atoms with Crippen molar-refractivity contribution in [1.29, 1.82) is 0 Å². The lowest BCUT2D eigenvalue weighted by atomic mass is 9.77. The Balaban J connectivity index is 1.74. The summed E-state index contributed by atoms with van der Waals surface area (Å²) in [5, 5.41) is 10.8. The highest BCUT2D eigenvalue weighted by atomic mass is 16.2. The van der Waals surface area contributed by atoms with Gasteiger partial charge in [0.25, 0.3) is 0 Å². The number of aryl methyl sites for hydroxylation is 1. The zero-order chi connectivity index (χ0) is 14.4. The van der Waals surface area contributed by atoms with Crippen LogP contribution in [0.5, 0.6) is 0 Å². The molecule has 3 heterocycles. The Labute approximate surface area is 123 Å². The molecule has 1 amide bonds. The molecule has 1 atom stereocenters. The average molecular weight is 282 g/mol. The third kappa shape index (κ3) is 1.96. The summed E-state index contributed by atoms with van der Waals surface area (Å²) in [7, 11) is 0. The topological polar surface area (TPSA) is 59.0 Å². The smallest absolute Gasteiger partial charge is 0.232 e. The van der Waals surface area contributed by atoms with Crippen molar-refractivity contribution in [3.05, 3.63) is 41.7 Å². The number of carbonyl (C=O) groups excluding carboxylic acids is 1. The number of benzene rings is 1. The Morgan fingerprint density at radius 1 is 1.33 bits per heavy atom. The molecule has 2 aromatic rings. The first-order valence-electron chi connectivity index (χ1n) is 7.34. The highest BCUT2D eigenvalue weighted by Crippen LogP contribution is 2.38. The summed E-state index contributed by atoms with van der Waals surface area (Å²) >= 11 is 0. The summed E-state index contributed by atoms with van der Waals surface area (Å²) in [6, 6.07) is 8.11. The zero-order valence-electron chi connectivity index (χ0n) is 12.0. The van der Waals surface area contributed by atoms with Gasteiger partial charge in [-0.2, -0.15) is 5.10 Å². The molecule has 0 aliphatic carbocycles. The van der Waals surface area contributed by atoms with Crippen molar-refractivity contribution in [3.8, 4) is 5.69 Å². The van der Waals surface area contributed by atoms with Gasteiger partial charge in [0.1, 0.15) is 0 Å². The molecule has 0 radical (unpaired) electrons. The van der Waals surface area contributed by atoms with E-state index >= 15 is 0 Å². The lowest BCUT2D eigenvalue weighted by Gasteiger charge is -2.33. The predicted molar refractivity (Wildman–Crippen MR) is 80.6 cm³/mol. The van der Waals surface area contributed by atoms with E-state index in [2.05, 4.69) is 21.8 Å². The van der Waals surface area contributed by atoms with Crippen molar-refractivity contribution in [1.82, 2.24) is 15.1 Å². The standard InChI is InChI=1S/C16H18N4O/c1-11-4-7-20(19-11)13-2-3-14-12(8-13)9-16(15(21)18-14)5-6-17-10-16/h2-4,7-8,17H,5-6,9-10H2,1H3,(H,18,21). The van der Waals surface area contributed by atoms with Gasteiger partial charge < -0.3 is 10.6 Å². The second kappa shape index (κ2) is 4.43. The minimum absolute atomic E-state index is 0.155. The van der Waals surface area contributed by atoms with Gasteiger partial charge in [-0.3, -0.25) is 4.79 Å². The quantitative estimate of drug-likeness (QED) is 0.836. The summed E-state index contributed by atoms with van der Waals surface area (Å²) in [5.74, 6) is 0.155. The van der Waals surface area contributed by atoms with E-state index in [1.54, 1.807) is 0 Å². The maximum atomic E-state index is 12.4. The number of amides is 1. The van der Waals surface area contributed by atoms with Crippen LogP contribution in [0.3, 0.4) is 0 Å². The number of hydrogen-bond donors (Lipinski definition) is 2. The lowest BCUT2D eigenvalue weighted by molar-refractivity contribution is -0.125. The molecular formula is C16H18N4O. The van der Waals surface area contributed by atoms with E-state index < -0.39 is 0 Å². The van der Waals surface area contributed by atoms with Crippen LogP contribution in [-0.4, -0.2) is 28.8 Å². The molecule has 1 unspecified atom stereocenters. The van der Waals surface area contributed by atoms with Crippen molar-refractivity contribution >= 4 is 11.6 Å². The van der Waals surface area contributed by atoms with Crippen LogP contribution in [0.15, 0.2) is 30.5 Å². The second-order valence-electron chi connectivity index (χ2n) is 6.08. The number of nitrogens with zero attached hydrogens (tertiary/aromatic N) is 2. The Morgan fingerprint density at radius 2 is 2.24 bits per heavy atom. The number of hydrogen-bond acceptors (Lipinski definition) is 3. The number of aromatic nitrogens is 2. The molecular weight excluding hydrogens is 264 g/mol. The van der Waals surface area contributed by atoms with Crippen LogP contribution in [0.4, 0.5) is 5.69 Å². The van der Waals surface area contributed by atoms with Crippen molar-refractivity contribution in [2.24, 2.45) is 5.41 Å². The largest absolute Gasteiger partial charge is 0.325 e. The van der Waals surface area contributed by atoms with Crippen LogP contribution in [0.25, 0.3) is 5.69 Å². The fraction of sp³-hybridized carbons (Fsp3) is 0.375. The molecule has 21 heavy (non-hydrogen) atoms. The van der Waals surface area contributed by atoms with Gasteiger partial charge in [0, 0.05) is 18.4 Å². The number of fused-ring (bicyclic) bond motifs is 1. The summed E-state index contributed by atoms with van der Waals surface area (Å²) in [6.45, 7) is 3.67. The lowest BCUT2D eigenvalue weighted by Crippen LogP contribution is -2.43. The minimum atomic E-state index is -0.272.